The first kappa shape index (κ1) is 14.7. The molecule has 0 N–H and O–H groups in total. The quantitative estimate of drug-likeness (QED) is 0.423. The van der Waals surface area contributed by atoms with Crippen LogP contribution in [0.5, 0.6) is 0 Å². The number of rotatable bonds is 2. The number of aryl methyl sites for hydroxylation is 1. The Morgan fingerprint density at radius 2 is 1.67 bits per heavy atom. The number of halogens is 3. The molecule has 0 nitrogen and oxygen atoms in total. The van der Waals surface area contributed by atoms with Gasteiger partial charge in [0.1, 0.15) is 5.82 Å². The molecule has 0 spiro atoms. The minimum absolute atomic E-state index is 0.0369. The third kappa shape index (κ3) is 2.77. The van der Waals surface area contributed by atoms with Crippen LogP contribution in [0.15, 0.2) is 59.1 Å². The molecule has 0 amide bonds. The van der Waals surface area contributed by atoms with E-state index in [4.69, 9.17) is 0 Å². The summed E-state index contributed by atoms with van der Waals surface area (Å²) in [6.07, 6.45) is 0. The van der Waals surface area contributed by atoms with Gasteiger partial charge in [-0.1, -0.05) is 74.3 Å². The van der Waals surface area contributed by atoms with E-state index < -0.39 is 0 Å². The molecular weight excluding hydrogens is 395 g/mol. The fraction of sp³-hybridized carbons (Fsp3) is 0.111. The summed E-state index contributed by atoms with van der Waals surface area (Å²) in [5, 5.41) is 2.37. The first-order valence-electron chi connectivity index (χ1n) is 6.65. The predicted molar refractivity (Wildman–Crippen MR) is 93.6 cm³/mol. The number of benzene rings is 3. The van der Waals surface area contributed by atoms with E-state index in [1.807, 2.05) is 24.3 Å². The Labute approximate surface area is 140 Å². The van der Waals surface area contributed by atoms with E-state index in [-0.39, 0.29) is 10.6 Å². The van der Waals surface area contributed by atoms with Crippen LogP contribution in [-0.2, 0) is 0 Å². The van der Waals surface area contributed by atoms with Crippen molar-refractivity contribution in [3.8, 4) is 0 Å². The van der Waals surface area contributed by atoms with Gasteiger partial charge in [0.05, 0.1) is 4.83 Å². The van der Waals surface area contributed by atoms with Gasteiger partial charge in [0, 0.05) is 4.47 Å². The van der Waals surface area contributed by atoms with Gasteiger partial charge in [-0.25, -0.2) is 4.39 Å². The summed E-state index contributed by atoms with van der Waals surface area (Å²) in [6.45, 7) is 1.79. The highest BCUT2D eigenvalue weighted by Gasteiger charge is 2.15. The summed E-state index contributed by atoms with van der Waals surface area (Å²) in [5.41, 5.74) is 2.90. The SMILES string of the molecule is Cc1cc(C(Br)c2ccc(Br)c3ccccc23)ccc1F. The van der Waals surface area contributed by atoms with Crippen molar-refractivity contribution in [2.24, 2.45) is 0 Å². The summed E-state index contributed by atoms with van der Waals surface area (Å²) in [7, 11) is 0. The van der Waals surface area contributed by atoms with Crippen molar-refractivity contribution < 1.29 is 4.39 Å². The number of hydrogen-bond acceptors (Lipinski definition) is 0. The van der Waals surface area contributed by atoms with E-state index in [9.17, 15) is 4.39 Å². The summed E-state index contributed by atoms with van der Waals surface area (Å²) in [4.78, 5) is 0.0369. The van der Waals surface area contributed by atoms with Gasteiger partial charge in [-0.2, -0.15) is 0 Å². The largest absolute Gasteiger partial charge is 0.207 e. The zero-order valence-corrected chi connectivity index (χ0v) is 14.6. The first-order chi connectivity index (χ1) is 10.1. The molecule has 0 fully saturated rings. The lowest BCUT2D eigenvalue weighted by Gasteiger charge is -2.15. The van der Waals surface area contributed by atoms with Crippen molar-refractivity contribution in [2.75, 3.05) is 0 Å². The Kier molecular flexibility index (Phi) is 4.14. The zero-order chi connectivity index (χ0) is 15.0. The second-order valence-corrected chi connectivity index (χ2v) is 6.82. The molecular formula is C18H13Br2F. The molecule has 0 bridgehead atoms. The van der Waals surface area contributed by atoms with Gasteiger partial charge in [0.15, 0.2) is 0 Å². The number of alkyl halides is 1. The average molecular weight is 408 g/mol. The Bertz CT molecular complexity index is 811. The van der Waals surface area contributed by atoms with Crippen molar-refractivity contribution in [2.45, 2.75) is 11.8 Å². The maximum absolute atomic E-state index is 13.4. The molecule has 0 saturated carbocycles. The van der Waals surface area contributed by atoms with Gasteiger partial charge >= 0.3 is 0 Å². The zero-order valence-electron chi connectivity index (χ0n) is 11.4. The minimum atomic E-state index is -0.167. The molecule has 0 aliphatic heterocycles. The van der Waals surface area contributed by atoms with Crippen LogP contribution in [0.3, 0.4) is 0 Å². The van der Waals surface area contributed by atoms with Crippen LogP contribution in [-0.4, -0.2) is 0 Å². The van der Waals surface area contributed by atoms with Crippen LogP contribution in [0.4, 0.5) is 4.39 Å². The maximum atomic E-state index is 13.4. The molecule has 0 radical (unpaired) electrons. The van der Waals surface area contributed by atoms with E-state index in [2.05, 4.69) is 56.1 Å². The summed E-state index contributed by atoms with van der Waals surface area (Å²) >= 11 is 7.35. The van der Waals surface area contributed by atoms with E-state index in [0.29, 0.717) is 5.56 Å². The van der Waals surface area contributed by atoms with E-state index in [1.54, 1.807) is 6.92 Å². The molecule has 0 aromatic heterocycles. The Hall–Kier alpha value is -1.19. The summed E-state index contributed by atoms with van der Waals surface area (Å²) in [5.74, 6) is -0.167. The first-order valence-corrected chi connectivity index (χ1v) is 8.36. The van der Waals surface area contributed by atoms with E-state index in [1.165, 1.54) is 22.4 Å². The smallest absolute Gasteiger partial charge is 0.126 e. The van der Waals surface area contributed by atoms with Crippen LogP contribution in [0.2, 0.25) is 0 Å². The van der Waals surface area contributed by atoms with Crippen LogP contribution < -0.4 is 0 Å². The van der Waals surface area contributed by atoms with Crippen molar-refractivity contribution >= 4 is 42.6 Å². The molecule has 0 aliphatic carbocycles. The standard InChI is InChI=1S/C18H13Br2F/c1-11-10-12(6-9-17(11)21)18(20)15-7-8-16(19)14-5-3-2-4-13(14)15/h2-10,18H,1H3. The van der Waals surface area contributed by atoms with E-state index >= 15 is 0 Å². The van der Waals surface area contributed by atoms with Crippen LogP contribution in [0.25, 0.3) is 10.8 Å². The van der Waals surface area contributed by atoms with Crippen LogP contribution in [0, 0.1) is 12.7 Å². The van der Waals surface area contributed by atoms with Gasteiger partial charge in [0.2, 0.25) is 0 Å². The topological polar surface area (TPSA) is 0 Å². The summed E-state index contributed by atoms with van der Waals surface area (Å²) in [6, 6.07) is 17.7. The molecule has 3 aromatic rings. The second-order valence-electron chi connectivity index (χ2n) is 5.05. The maximum Gasteiger partial charge on any atom is 0.126 e. The molecule has 3 aromatic carbocycles. The monoisotopic (exact) mass is 406 g/mol. The molecule has 3 heteroatoms. The van der Waals surface area contributed by atoms with Crippen molar-refractivity contribution in [1.82, 2.24) is 0 Å². The van der Waals surface area contributed by atoms with Gasteiger partial charge in [-0.3, -0.25) is 0 Å². The van der Waals surface area contributed by atoms with E-state index in [0.717, 1.165) is 10.0 Å². The van der Waals surface area contributed by atoms with Gasteiger partial charge in [-0.15, -0.1) is 0 Å². The summed E-state index contributed by atoms with van der Waals surface area (Å²) < 4.78 is 14.5. The normalized spacial score (nSPS) is 12.6. The highest BCUT2D eigenvalue weighted by molar-refractivity contribution is 9.10. The fourth-order valence-corrected chi connectivity index (χ4v) is 3.67. The molecule has 3 rings (SSSR count). The third-order valence-corrected chi connectivity index (χ3v) is 5.37. The molecule has 0 saturated heterocycles. The Morgan fingerprint density at radius 1 is 0.952 bits per heavy atom. The molecule has 1 unspecified atom stereocenters. The lowest BCUT2D eigenvalue weighted by molar-refractivity contribution is 0.618. The van der Waals surface area contributed by atoms with Crippen LogP contribution in [0.1, 0.15) is 21.5 Å². The molecule has 106 valence electrons. The predicted octanol–water partition coefficient (Wildman–Crippen LogP) is 6.53. The second kappa shape index (κ2) is 5.90. The average Bonchev–Trinajstić information content (AvgIpc) is 2.50. The molecule has 21 heavy (non-hydrogen) atoms. The van der Waals surface area contributed by atoms with Crippen molar-refractivity contribution in [1.29, 1.82) is 0 Å². The lowest BCUT2D eigenvalue weighted by atomic mass is 9.97. The van der Waals surface area contributed by atoms with Gasteiger partial charge in [0.25, 0.3) is 0 Å². The van der Waals surface area contributed by atoms with Crippen molar-refractivity contribution in [3.63, 3.8) is 0 Å². The number of fused-ring (bicyclic) bond motifs is 1. The molecule has 0 aliphatic rings. The highest BCUT2D eigenvalue weighted by atomic mass is 79.9. The fourth-order valence-electron chi connectivity index (χ4n) is 2.51. The third-order valence-electron chi connectivity index (χ3n) is 3.65. The Morgan fingerprint density at radius 3 is 2.38 bits per heavy atom. The van der Waals surface area contributed by atoms with Gasteiger partial charge < -0.3 is 0 Å². The van der Waals surface area contributed by atoms with Gasteiger partial charge in [-0.05, 0) is 46.5 Å². The molecule has 1 atom stereocenters. The number of hydrogen-bond donors (Lipinski definition) is 0. The Balaban J connectivity index is 2.15. The highest BCUT2D eigenvalue weighted by Crippen LogP contribution is 2.38. The van der Waals surface area contributed by atoms with Crippen molar-refractivity contribution in [3.05, 3.63) is 81.6 Å². The van der Waals surface area contributed by atoms with Crippen LogP contribution >= 0.6 is 31.9 Å². The lowest BCUT2D eigenvalue weighted by Crippen LogP contribution is -1.96. The molecule has 0 heterocycles. The minimum Gasteiger partial charge on any atom is -0.207 e.